The number of hydrogen-bond acceptors (Lipinski definition) is 6. The van der Waals surface area contributed by atoms with Crippen molar-refractivity contribution >= 4 is 48.9 Å². The van der Waals surface area contributed by atoms with Gasteiger partial charge >= 0.3 is 0 Å². The van der Waals surface area contributed by atoms with Crippen LogP contribution in [0.2, 0.25) is 5.02 Å². The number of ether oxygens (including phenoxy) is 1. The zero-order valence-electron chi connectivity index (χ0n) is 20.1. The monoisotopic (exact) mass is 558 g/mol. The van der Waals surface area contributed by atoms with Crippen molar-refractivity contribution in [2.45, 2.75) is 4.90 Å². The fraction of sp³-hybridized carbons (Fsp3) is 0.304. The third kappa shape index (κ3) is 9.82. The Morgan fingerprint density at radius 1 is 1.14 bits per heavy atom. The lowest BCUT2D eigenvalue weighted by atomic mass is 10.3. The number of rotatable bonds is 11. The van der Waals surface area contributed by atoms with Gasteiger partial charge in [-0.1, -0.05) is 11.6 Å². The van der Waals surface area contributed by atoms with E-state index in [0.29, 0.717) is 16.1 Å². The summed E-state index contributed by atoms with van der Waals surface area (Å²) in [5.74, 6) is -1.33. The Balaban J connectivity index is 0.00000316. The SMILES string of the molecule is C#C.CN(CCN(CC(=O)NO)S(=O)c1cc(F)c(Oc2ccc(Cl)cc2)c(P)c1)CC(=O)N(C)C. The van der Waals surface area contributed by atoms with Gasteiger partial charge in [0.15, 0.2) is 11.6 Å². The number of hydrogen-bond donors (Lipinski definition) is 2. The molecule has 0 saturated carbocycles. The molecule has 0 radical (unpaired) electrons. The van der Waals surface area contributed by atoms with Crippen LogP contribution in [-0.4, -0.2) is 82.7 Å². The van der Waals surface area contributed by atoms with Crippen molar-refractivity contribution in [2.24, 2.45) is 0 Å². The summed E-state index contributed by atoms with van der Waals surface area (Å²) in [7, 11) is 5.37. The molecule has 13 heteroatoms. The summed E-state index contributed by atoms with van der Waals surface area (Å²) >= 11 is 5.85. The number of benzene rings is 2. The van der Waals surface area contributed by atoms with E-state index >= 15 is 0 Å². The summed E-state index contributed by atoms with van der Waals surface area (Å²) in [6, 6.07) is 8.92. The van der Waals surface area contributed by atoms with E-state index in [2.05, 4.69) is 22.1 Å². The molecule has 2 aromatic rings. The van der Waals surface area contributed by atoms with E-state index in [1.807, 2.05) is 0 Å². The molecule has 0 bridgehead atoms. The fourth-order valence-electron chi connectivity index (χ4n) is 2.72. The minimum Gasteiger partial charge on any atom is -0.454 e. The van der Waals surface area contributed by atoms with Gasteiger partial charge in [-0.05, 0) is 43.4 Å². The van der Waals surface area contributed by atoms with Gasteiger partial charge in [0.1, 0.15) is 16.7 Å². The van der Waals surface area contributed by atoms with Crippen LogP contribution in [0.25, 0.3) is 0 Å². The highest BCUT2D eigenvalue weighted by Crippen LogP contribution is 2.27. The lowest BCUT2D eigenvalue weighted by Crippen LogP contribution is -2.42. The van der Waals surface area contributed by atoms with E-state index < -0.39 is 29.3 Å². The van der Waals surface area contributed by atoms with E-state index in [1.54, 1.807) is 50.3 Å². The van der Waals surface area contributed by atoms with Crippen LogP contribution in [0.1, 0.15) is 0 Å². The number of carbonyl (C=O) groups is 2. The number of carbonyl (C=O) groups excluding carboxylic acids is 2. The Bertz CT molecular complexity index is 1060. The van der Waals surface area contributed by atoms with Crippen LogP contribution in [0.3, 0.4) is 0 Å². The molecule has 9 nitrogen and oxygen atoms in total. The number of likely N-dealkylation sites (N-methyl/N-ethyl adjacent to an activating group) is 2. The van der Waals surface area contributed by atoms with Gasteiger partial charge in [0.05, 0.1) is 18.0 Å². The average Bonchev–Trinajstić information content (AvgIpc) is 2.85. The molecule has 2 unspecified atom stereocenters. The summed E-state index contributed by atoms with van der Waals surface area (Å²) in [5.41, 5.74) is 1.50. The van der Waals surface area contributed by atoms with Gasteiger partial charge < -0.3 is 9.64 Å². The third-order valence-corrected chi connectivity index (χ3v) is 6.70. The van der Waals surface area contributed by atoms with Crippen LogP contribution < -0.4 is 15.5 Å². The molecule has 0 aliphatic carbocycles. The maximum absolute atomic E-state index is 14.9. The van der Waals surface area contributed by atoms with Crippen molar-refractivity contribution < 1.29 is 28.1 Å². The Morgan fingerprint density at radius 3 is 2.28 bits per heavy atom. The lowest BCUT2D eigenvalue weighted by molar-refractivity contribution is -0.130. The van der Waals surface area contributed by atoms with E-state index in [4.69, 9.17) is 21.5 Å². The van der Waals surface area contributed by atoms with Crippen molar-refractivity contribution in [3.05, 3.63) is 47.2 Å². The Morgan fingerprint density at radius 2 is 1.75 bits per heavy atom. The summed E-state index contributed by atoms with van der Waals surface area (Å²) in [4.78, 5) is 26.9. The van der Waals surface area contributed by atoms with Gasteiger partial charge in [0.25, 0.3) is 5.91 Å². The first-order valence-electron chi connectivity index (χ1n) is 10.4. The molecule has 0 aliphatic rings. The topological polar surface area (TPSA) is 102 Å². The molecule has 0 aromatic heterocycles. The zero-order valence-corrected chi connectivity index (χ0v) is 22.8. The molecule has 2 aromatic carbocycles. The van der Waals surface area contributed by atoms with Crippen LogP contribution >= 0.6 is 20.8 Å². The highest BCUT2D eigenvalue weighted by Gasteiger charge is 2.22. The van der Waals surface area contributed by atoms with Crippen LogP contribution in [-0.2, 0) is 20.6 Å². The second-order valence-corrected chi connectivity index (χ2v) is 10.1. The van der Waals surface area contributed by atoms with Crippen LogP contribution in [0.5, 0.6) is 11.5 Å². The first kappa shape index (κ1) is 31.4. The molecule has 0 heterocycles. The predicted molar refractivity (Wildman–Crippen MR) is 141 cm³/mol. The first-order chi connectivity index (χ1) is 17.0. The fourth-order valence-corrected chi connectivity index (χ4v) is 4.55. The third-order valence-electron chi connectivity index (χ3n) is 4.60. The minimum atomic E-state index is -1.95. The maximum atomic E-state index is 14.9. The Kier molecular flexibility index (Phi) is 13.6. The van der Waals surface area contributed by atoms with Crippen molar-refractivity contribution in [3.8, 4) is 24.3 Å². The Hall–Kier alpha value is -2.58. The first-order valence-corrected chi connectivity index (χ1v) is 12.4. The highest BCUT2D eigenvalue weighted by molar-refractivity contribution is 7.82. The molecule has 2 amide bonds. The summed E-state index contributed by atoms with van der Waals surface area (Å²) in [6.45, 7) is 0.113. The van der Waals surface area contributed by atoms with E-state index in [9.17, 15) is 18.2 Å². The predicted octanol–water partition coefficient (Wildman–Crippen LogP) is 1.87. The van der Waals surface area contributed by atoms with Gasteiger partial charge in [0.2, 0.25) is 5.91 Å². The van der Waals surface area contributed by atoms with Crippen molar-refractivity contribution in [3.63, 3.8) is 0 Å². The molecular formula is C23H29ClFN4O5PS. The molecule has 0 aliphatic heterocycles. The summed E-state index contributed by atoms with van der Waals surface area (Å²) < 4.78 is 34.9. The number of amides is 2. The van der Waals surface area contributed by atoms with Crippen LogP contribution in [0.15, 0.2) is 41.3 Å². The lowest BCUT2D eigenvalue weighted by Gasteiger charge is -2.24. The number of nitrogens with zero attached hydrogens (tertiary/aromatic N) is 3. The van der Waals surface area contributed by atoms with E-state index in [1.165, 1.54) is 20.8 Å². The summed E-state index contributed by atoms with van der Waals surface area (Å²) in [6.07, 6.45) is 8.00. The van der Waals surface area contributed by atoms with Gasteiger partial charge in [-0.15, -0.1) is 22.1 Å². The smallest absolute Gasteiger partial charge is 0.258 e. The minimum absolute atomic E-state index is 0.0605. The molecule has 196 valence electrons. The van der Waals surface area contributed by atoms with Gasteiger partial charge in [-0.2, -0.15) is 0 Å². The second-order valence-electron chi connectivity index (χ2n) is 7.55. The number of halogens is 2. The standard InChI is InChI=1S/C21H27ClFN4O5PS.C2H2/c1-25(2)20(29)13-26(3)8-9-27(12-19(28)24-30)34(31)16-10-17(23)21(18(33)11-16)32-15-6-4-14(22)5-7-15;1-2/h4-7,10-11,30H,8-9,12-13,33H2,1-3H3,(H,24,28);1-2H. The van der Waals surface area contributed by atoms with Crippen molar-refractivity contribution in [1.82, 2.24) is 19.6 Å². The largest absolute Gasteiger partial charge is 0.454 e. The number of hydroxylamine groups is 1. The maximum Gasteiger partial charge on any atom is 0.258 e. The molecule has 2 atom stereocenters. The van der Waals surface area contributed by atoms with Gasteiger partial charge in [0, 0.05) is 37.5 Å². The summed E-state index contributed by atoms with van der Waals surface area (Å²) in [5, 5.41) is 9.73. The van der Waals surface area contributed by atoms with Crippen LogP contribution in [0.4, 0.5) is 4.39 Å². The van der Waals surface area contributed by atoms with Crippen LogP contribution in [0, 0.1) is 18.7 Å². The quantitative estimate of drug-likeness (QED) is 0.189. The number of nitrogens with one attached hydrogen (secondary N) is 1. The molecule has 0 saturated heterocycles. The molecule has 0 spiro atoms. The second kappa shape index (κ2) is 15.5. The van der Waals surface area contributed by atoms with E-state index in [-0.39, 0.29) is 36.2 Å². The Labute approximate surface area is 220 Å². The van der Waals surface area contributed by atoms with E-state index in [0.717, 1.165) is 6.07 Å². The van der Waals surface area contributed by atoms with Crippen molar-refractivity contribution in [2.75, 3.05) is 47.3 Å². The molecule has 2 rings (SSSR count). The van der Waals surface area contributed by atoms with Crippen molar-refractivity contribution in [1.29, 1.82) is 0 Å². The van der Waals surface area contributed by atoms with Gasteiger partial charge in [-0.3, -0.25) is 19.7 Å². The normalized spacial score (nSPS) is 11.4. The molecule has 36 heavy (non-hydrogen) atoms. The molecular weight excluding hydrogens is 530 g/mol. The molecule has 0 fully saturated rings. The highest BCUT2D eigenvalue weighted by atomic mass is 35.5. The number of terminal acetylenes is 1. The zero-order chi connectivity index (χ0) is 27.4. The average molecular weight is 559 g/mol. The molecule has 2 N–H and O–H groups in total. The van der Waals surface area contributed by atoms with Gasteiger partial charge in [-0.25, -0.2) is 18.4 Å².